The van der Waals surface area contributed by atoms with Crippen LogP contribution in [-0.4, -0.2) is 25.7 Å². The highest BCUT2D eigenvalue weighted by Crippen LogP contribution is 2.30. The normalized spacial score (nSPS) is 18.8. The zero-order valence-corrected chi connectivity index (χ0v) is 18.2. The lowest BCUT2D eigenvalue weighted by molar-refractivity contribution is -0.123. The van der Waals surface area contributed by atoms with Crippen LogP contribution in [0.5, 0.6) is 0 Å². The Morgan fingerprint density at radius 3 is 2.68 bits per heavy atom. The Morgan fingerprint density at radius 2 is 1.97 bits per heavy atom. The summed E-state index contributed by atoms with van der Waals surface area (Å²) >= 11 is 0. The van der Waals surface area contributed by atoms with Gasteiger partial charge < -0.3 is 14.8 Å². The van der Waals surface area contributed by atoms with Crippen molar-refractivity contribution in [1.29, 1.82) is 0 Å². The molecular weight excluding hydrogens is 400 g/mol. The summed E-state index contributed by atoms with van der Waals surface area (Å²) in [6.07, 6.45) is 1.68. The van der Waals surface area contributed by atoms with E-state index in [-0.39, 0.29) is 29.4 Å². The number of carbonyl (C=O) groups excluding carboxylic acids is 1. The van der Waals surface area contributed by atoms with Crippen LogP contribution in [0.1, 0.15) is 56.4 Å². The third-order valence-electron chi connectivity index (χ3n) is 5.14. The number of nitrogens with one attached hydrogen (secondary N) is 1. The zero-order chi connectivity index (χ0) is 22.6. The van der Waals surface area contributed by atoms with Crippen molar-refractivity contribution >= 4 is 11.6 Å². The van der Waals surface area contributed by atoms with Gasteiger partial charge in [0, 0.05) is 37.2 Å². The molecule has 6 heteroatoms. The lowest BCUT2D eigenvalue weighted by Gasteiger charge is -2.29. The van der Waals surface area contributed by atoms with Crippen molar-refractivity contribution in [2.45, 2.75) is 45.8 Å². The largest absolute Gasteiger partial charge is 0.381 e. The average molecular weight is 427 g/mol. The minimum Gasteiger partial charge on any atom is -0.381 e. The molecule has 1 amide bonds. The number of halogens is 2. The summed E-state index contributed by atoms with van der Waals surface area (Å²) in [6, 6.07) is 9.40. The van der Waals surface area contributed by atoms with E-state index >= 15 is 0 Å². The molecule has 0 aliphatic carbocycles. The van der Waals surface area contributed by atoms with Crippen molar-refractivity contribution in [3.63, 3.8) is 0 Å². The van der Waals surface area contributed by atoms with E-state index < -0.39 is 17.0 Å². The van der Waals surface area contributed by atoms with Crippen molar-refractivity contribution in [2.24, 2.45) is 5.41 Å². The zero-order valence-electron chi connectivity index (χ0n) is 18.2. The van der Waals surface area contributed by atoms with Crippen LogP contribution in [0.4, 0.5) is 14.5 Å². The lowest BCUT2D eigenvalue weighted by Crippen LogP contribution is -2.28. The first kappa shape index (κ1) is 22.9. The first-order valence-electron chi connectivity index (χ1n) is 10.2. The van der Waals surface area contributed by atoms with Gasteiger partial charge in [0.05, 0.1) is 23.5 Å². The number of anilines is 1. The molecule has 0 spiro atoms. The van der Waals surface area contributed by atoms with Crippen LogP contribution in [-0.2, 0) is 14.3 Å². The number of hydrogen-bond donors (Lipinski definition) is 1. The van der Waals surface area contributed by atoms with Gasteiger partial charge in [0.1, 0.15) is 5.82 Å². The van der Waals surface area contributed by atoms with Gasteiger partial charge in [-0.3, -0.25) is 4.79 Å². The molecule has 2 atom stereocenters. The smallest absolute Gasteiger partial charge is 0.229 e. The number of amides is 1. The highest BCUT2D eigenvalue weighted by atomic mass is 19.1. The number of benzene rings is 2. The first-order valence-corrected chi connectivity index (χ1v) is 10.2. The van der Waals surface area contributed by atoms with Crippen molar-refractivity contribution in [3.05, 3.63) is 64.7 Å². The highest BCUT2D eigenvalue weighted by Gasteiger charge is 2.25. The second kappa shape index (κ2) is 9.59. The number of methoxy groups -OCH3 is 1. The highest BCUT2D eigenvalue weighted by molar-refractivity contribution is 5.95. The Kier molecular flexibility index (Phi) is 7.09. The van der Waals surface area contributed by atoms with Crippen LogP contribution in [0.3, 0.4) is 0 Å². The molecule has 1 fully saturated rings. The predicted octanol–water partition coefficient (Wildman–Crippen LogP) is 5.22. The molecule has 0 saturated carbocycles. The van der Waals surface area contributed by atoms with Crippen molar-refractivity contribution in [3.8, 4) is 11.8 Å². The molecule has 0 aromatic heterocycles. The molecule has 1 aliphatic heterocycles. The van der Waals surface area contributed by atoms with Gasteiger partial charge in [-0.05, 0) is 30.2 Å². The van der Waals surface area contributed by atoms with E-state index in [1.807, 2.05) is 24.3 Å². The first-order chi connectivity index (χ1) is 14.7. The van der Waals surface area contributed by atoms with E-state index in [0.29, 0.717) is 12.2 Å². The van der Waals surface area contributed by atoms with Gasteiger partial charge in [-0.15, -0.1) is 0 Å². The van der Waals surface area contributed by atoms with Crippen LogP contribution in [0.2, 0.25) is 0 Å². The fourth-order valence-electron chi connectivity index (χ4n) is 3.27. The lowest BCUT2D eigenvalue weighted by atomic mass is 9.95. The molecule has 1 N–H and O–H groups in total. The number of rotatable bonds is 3. The molecule has 1 aliphatic rings. The molecular formula is C25H27F2NO3. The monoisotopic (exact) mass is 427 g/mol. The molecule has 2 aromatic rings. The molecule has 1 saturated heterocycles. The van der Waals surface area contributed by atoms with Crippen LogP contribution in [0, 0.1) is 28.9 Å². The Morgan fingerprint density at radius 1 is 1.19 bits per heavy atom. The molecule has 3 rings (SSSR count). The average Bonchev–Trinajstić information content (AvgIpc) is 2.73. The second-order valence-electron chi connectivity index (χ2n) is 8.63. The fraction of sp³-hybridized carbons (Fsp3) is 0.400. The minimum atomic E-state index is -0.864. The van der Waals surface area contributed by atoms with E-state index in [1.54, 1.807) is 27.9 Å². The summed E-state index contributed by atoms with van der Waals surface area (Å²) in [5.41, 5.74) is 0.871. The Hall–Kier alpha value is -2.75. The maximum absolute atomic E-state index is 14.4. The summed E-state index contributed by atoms with van der Waals surface area (Å²) in [7, 11) is 1.70. The van der Waals surface area contributed by atoms with Gasteiger partial charge in [0.15, 0.2) is 5.82 Å². The maximum Gasteiger partial charge on any atom is 0.229 e. The van der Waals surface area contributed by atoms with Crippen LogP contribution in [0.25, 0.3) is 0 Å². The van der Waals surface area contributed by atoms with E-state index in [4.69, 9.17) is 9.47 Å². The second-order valence-corrected chi connectivity index (χ2v) is 8.63. The number of carbonyl (C=O) groups is 1. The maximum atomic E-state index is 14.4. The third-order valence-corrected chi connectivity index (χ3v) is 5.14. The topological polar surface area (TPSA) is 47.6 Å². The van der Waals surface area contributed by atoms with Crippen LogP contribution >= 0.6 is 0 Å². The minimum absolute atomic E-state index is 0.0777. The van der Waals surface area contributed by atoms with Gasteiger partial charge in [-0.1, -0.05) is 44.7 Å². The van der Waals surface area contributed by atoms with Gasteiger partial charge in [-0.25, -0.2) is 8.78 Å². The molecule has 4 nitrogen and oxygen atoms in total. The molecule has 2 unspecified atom stereocenters. The third kappa shape index (κ3) is 5.90. The fourth-order valence-corrected chi connectivity index (χ4v) is 3.27. The van der Waals surface area contributed by atoms with Gasteiger partial charge in [0.2, 0.25) is 5.91 Å². The van der Waals surface area contributed by atoms with Crippen LogP contribution < -0.4 is 5.32 Å². The summed E-state index contributed by atoms with van der Waals surface area (Å²) in [4.78, 5) is 12.3. The molecule has 0 radical (unpaired) electrons. The molecule has 31 heavy (non-hydrogen) atoms. The van der Waals surface area contributed by atoms with E-state index in [9.17, 15) is 13.6 Å². The van der Waals surface area contributed by atoms with Crippen LogP contribution in [0.15, 0.2) is 36.4 Å². The van der Waals surface area contributed by atoms with Gasteiger partial charge in [0.25, 0.3) is 0 Å². The standard InChI is InChI=1S/C25H27F2NO3/c1-25(2,3)24(29)28-23-18(13-19(26)14-21(23)27)9-8-16-6-5-7-17(12-16)22-15-20(30-4)10-11-31-22/h5-7,12-14,20,22H,10-11,15H2,1-4H3,(H,28,29). The Labute approximate surface area is 181 Å². The van der Waals surface area contributed by atoms with E-state index in [2.05, 4.69) is 17.2 Å². The number of hydrogen-bond acceptors (Lipinski definition) is 3. The van der Waals surface area contributed by atoms with Gasteiger partial charge in [-0.2, -0.15) is 0 Å². The quantitative estimate of drug-likeness (QED) is 0.684. The Bertz CT molecular complexity index is 1020. The molecule has 2 aromatic carbocycles. The van der Waals surface area contributed by atoms with Crippen molar-refractivity contribution < 1.29 is 23.0 Å². The molecule has 164 valence electrons. The van der Waals surface area contributed by atoms with Crippen molar-refractivity contribution in [1.82, 2.24) is 0 Å². The summed E-state index contributed by atoms with van der Waals surface area (Å²) in [5, 5.41) is 2.54. The number of ether oxygens (including phenoxy) is 2. The Balaban J connectivity index is 1.89. The SMILES string of the molecule is COC1CCOC(c2cccc(C#Cc3cc(F)cc(F)c3NC(=O)C(C)(C)C)c2)C1. The molecule has 0 bridgehead atoms. The molecule has 1 heterocycles. The predicted molar refractivity (Wildman–Crippen MR) is 116 cm³/mol. The summed E-state index contributed by atoms with van der Waals surface area (Å²) in [6.45, 7) is 5.75. The summed E-state index contributed by atoms with van der Waals surface area (Å²) in [5.74, 6) is 3.75. The summed E-state index contributed by atoms with van der Waals surface area (Å²) < 4.78 is 39.6. The van der Waals surface area contributed by atoms with E-state index in [0.717, 1.165) is 30.5 Å². The van der Waals surface area contributed by atoms with Crippen molar-refractivity contribution in [2.75, 3.05) is 19.0 Å². The van der Waals surface area contributed by atoms with E-state index in [1.165, 1.54) is 0 Å². The van der Waals surface area contributed by atoms with Gasteiger partial charge >= 0.3 is 0 Å².